The molecule has 0 aromatic heterocycles. The van der Waals surface area contributed by atoms with Crippen LogP contribution in [-0.4, -0.2) is 0 Å². The highest BCUT2D eigenvalue weighted by Crippen LogP contribution is 2.44. The van der Waals surface area contributed by atoms with Gasteiger partial charge in [0.2, 0.25) is 0 Å². The van der Waals surface area contributed by atoms with E-state index < -0.39 is 0 Å². The van der Waals surface area contributed by atoms with Crippen LogP contribution in [0.3, 0.4) is 0 Å². The maximum atomic E-state index is 4.18. The summed E-state index contributed by atoms with van der Waals surface area (Å²) in [7, 11) is 0. The van der Waals surface area contributed by atoms with Gasteiger partial charge < -0.3 is 0 Å². The van der Waals surface area contributed by atoms with Gasteiger partial charge in [0.05, 0.1) is 0 Å². The molecule has 1 fully saturated rings. The van der Waals surface area contributed by atoms with Crippen molar-refractivity contribution in [2.24, 2.45) is 17.3 Å². The van der Waals surface area contributed by atoms with Gasteiger partial charge in [-0.25, -0.2) is 0 Å². The molecule has 0 heterocycles. The van der Waals surface area contributed by atoms with E-state index in [1.165, 1.54) is 36.8 Å². The van der Waals surface area contributed by atoms with E-state index in [1.807, 2.05) is 0 Å². The third-order valence-corrected chi connectivity index (χ3v) is 3.89. The van der Waals surface area contributed by atoms with E-state index in [-0.39, 0.29) is 0 Å². The first-order valence-corrected chi connectivity index (χ1v) is 6.14. The predicted molar refractivity (Wildman–Crippen MR) is 68.9 cm³/mol. The van der Waals surface area contributed by atoms with Crippen molar-refractivity contribution in [3.63, 3.8) is 0 Å². The zero-order chi connectivity index (χ0) is 11.6. The highest BCUT2D eigenvalue weighted by Gasteiger charge is 2.32. The van der Waals surface area contributed by atoms with E-state index in [9.17, 15) is 0 Å². The van der Waals surface area contributed by atoms with Crippen LogP contribution in [0.25, 0.3) is 0 Å². The van der Waals surface area contributed by atoms with Gasteiger partial charge in [-0.1, -0.05) is 44.6 Å². The van der Waals surface area contributed by atoms with Crippen molar-refractivity contribution in [1.29, 1.82) is 0 Å². The molecule has 0 bridgehead atoms. The van der Waals surface area contributed by atoms with Gasteiger partial charge in [0.15, 0.2) is 0 Å². The quantitative estimate of drug-likeness (QED) is 0.442. The lowest BCUT2D eigenvalue weighted by Gasteiger charge is -2.31. The second kappa shape index (κ2) is 4.55. The Kier molecular flexibility index (Phi) is 3.81. The minimum atomic E-state index is 0.480. The van der Waals surface area contributed by atoms with E-state index in [4.69, 9.17) is 0 Å². The van der Waals surface area contributed by atoms with Crippen molar-refractivity contribution in [1.82, 2.24) is 0 Å². The molecule has 0 amide bonds. The van der Waals surface area contributed by atoms with Crippen molar-refractivity contribution in [2.75, 3.05) is 0 Å². The minimum Gasteiger partial charge on any atom is -0.0998 e. The molecule has 2 atom stereocenters. The molecule has 1 rings (SSSR count). The van der Waals surface area contributed by atoms with Gasteiger partial charge in [0.25, 0.3) is 0 Å². The van der Waals surface area contributed by atoms with Crippen LogP contribution < -0.4 is 0 Å². The average Bonchev–Trinajstić information content (AvgIpc) is 2.23. The van der Waals surface area contributed by atoms with Crippen molar-refractivity contribution in [3.8, 4) is 0 Å². The highest BCUT2D eigenvalue weighted by molar-refractivity contribution is 5.11. The maximum Gasteiger partial charge on any atom is -0.0138 e. The summed E-state index contributed by atoms with van der Waals surface area (Å²) in [5.74, 6) is 1.32. The Bertz CT molecular complexity index is 257. The number of hydrogen-bond donors (Lipinski definition) is 0. The van der Waals surface area contributed by atoms with Gasteiger partial charge in [0.1, 0.15) is 0 Å². The normalized spacial score (nSPS) is 30.7. The van der Waals surface area contributed by atoms with Crippen LogP contribution in [0.2, 0.25) is 0 Å². The Morgan fingerprint density at radius 3 is 2.07 bits per heavy atom. The maximum absolute atomic E-state index is 4.18. The van der Waals surface area contributed by atoms with E-state index in [1.54, 1.807) is 0 Å². The number of allylic oxidation sites excluding steroid dienone is 2. The fraction of sp³-hybridized carbons (Fsp3) is 0.733. The van der Waals surface area contributed by atoms with E-state index in [2.05, 4.69) is 40.9 Å². The van der Waals surface area contributed by atoms with Crippen molar-refractivity contribution in [3.05, 3.63) is 24.3 Å². The fourth-order valence-electron chi connectivity index (χ4n) is 2.95. The van der Waals surface area contributed by atoms with Crippen molar-refractivity contribution >= 4 is 0 Å². The predicted octanol–water partition coefficient (Wildman–Crippen LogP) is 4.97. The Labute approximate surface area is 95.5 Å². The van der Waals surface area contributed by atoms with Crippen molar-refractivity contribution < 1.29 is 0 Å². The standard InChI is InChI=1S/C15H26/c1-11(2)13-8-7-9-15(5,6)10-14(13)12(3)4/h13-14H,1,3,7-10H2,2,4-6H3. The molecule has 2 unspecified atom stereocenters. The topological polar surface area (TPSA) is 0 Å². The van der Waals surface area contributed by atoms with Crippen LogP contribution in [0.15, 0.2) is 24.3 Å². The van der Waals surface area contributed by atoms with Crippen LogP contribution in [0, 0.1) is 17.3 Å². The van der Waals surface area contributed by atoms with E-state index in [0.717, 1.165) is 0 Å². The molecule has 0 aromatic rings. The summed E-state index contributed by atoms with van der Waals surface area (Å²) in [5.41, 5.74) is 3.17. The molecular formula is C15H26. The lowest BCUT2D eigenvalue weighted by Crippen LogP contribution is -2.20. The van der Waals surface area contributed by atoms with Gasteiger partial charge in [-0.2, -0.15) is 0 Å². The zero-order valence-corrected chi connectivity index (χ0v) is 10.9. The van der Waals surface area contributed by atoms with Crippen LogP contribution in [-0.2, 0) is 0 Å². The molecule has 0 spiro atoms. The van der Waals surface area contributed by atoms with Crippen LogP contribution in [0.5, 0.6) is 0 Å². The van der Waals surface area contributed by atoms with Crippen LogP contribution >= 0.6 is 0 Å². The second-order valence-corrected chi connectivity index (χ2v) is 6.17. The second-order valence-electron chi connectivity index (χ2n) is 6.17. The summed E-state index contributed by atoms with van der Waals surface area (Å²) in [6.07, 6.45) is 5.27. The minimum absolute atomic E-state index is 0.480. The first kappa shape index (κ1) is 12.5. The average molecular weight is 206 g/mol. The lowest BCUT2D eigenvalue weighted by atomic mass is 9.74. The third kappa shape index (κ3) is 3.22. The molecule has 15 heavy (non-hydrogen) atoms. The third-order valence-electron chi connectivity index (χ3n) is 3.89. The summed E-state index contributed by atoms with van der Waals surface area (Å²) in [4.78, 5) is 0. The Morgan fingerprint density at radius 2 is 1.60 bits per heavy atom. The molecule has 0 aromatic carbocycles. The molecule has 0 radical (unpaired) electrons. The molecule has 0 heteroatoms. The van der Waals surface area contributed by atoms with Gasteiger partial charge >= 0.3 is 0 Å². The molecular weight excluding hydrogens is 180 g/mol. The first-order valence-electron chi connectivity index (χ1n) is 6.14. The summed E-state index contributed by atoms with van der Waals surface area (Å²) in [6, 6.07) is 0. The fourth-order valence-corrected chi connectivity index (χ4v) is 2.95. The van der Waals surface area contributed by atoms with Gasteiger partial charge in [-0.3, -0.25) is 0 Å². The highest BCUT2D eigenvalue weighted by atomic mass is 14.4. The summed E-state index contributed by atoms with van der Waals surface area (Å²) < 4.78 is 0. The van der Waals surface area contributed by atoms with E-state index >= 15 is 0 Å². The molecule has 0 saturated heterocycles. The number of rotatable bonds is 2. The van der Waals surface area contributed by atoms with E-state index in [0.29, 0.717) is 17.3 Å². The molecule has 0 nitrogen and oxygen atoms in total. The molecule has 1 aliphatic carbocycles. The first-order chi connectivity index (χ1) is 6.83. The summed E-state index contributed by atoms with van der Waals surface area (Å²) in [5, 5.41) is 0. The molecule has 1 saturated carbocycles. The molecule has 86 valence electrons. The zero-order valence-electron chi connectivity index (χ0n) is 10.9. The summed E-state index contributed by atoms with van der Waals surface area (Å²) >= 11 is 0. The monoisotopic (exact) mass is 206 g/mol. The Morgan fingerprint density at radius 1 is 1.07 bits per heavy atom. The van der Waals surface area contributed by atoms with Crippen molar-refractivity contribution in [2.45, 2.75) is 53.4 Å². The Balaban J connectivity index is 2.89. The number of hydrogen-bond acceptors (Lipinski definition) is 0. The lowest BCUT2D eigenvalue weighted by molar-refractivity contribution is 0.269. The molecule has 0 aliphatic heterocycles. The van der Waals surface area contributed by atoms with Crippen LogP contribution in [0.1, 0.15) is 53.4 Å². The van der Waals surface area contributed by atoms with Gasteiger partial charge in [-0.05, 0) is 50.4 Å². The summed E-state index contributed by atoms with van der Waals surface area (Å²) in [6.45, 7) is 17.5. The Hall–Kier alpha value is -0.520. The largest absolute Gasteiger partial charge is 0.0998 e. The van der Waals surface area contributed by atoms with Gasteiger partial charge in [-0.15, -0.1) is 0 Å². The molecule has 1 aliphatic rings. The molecule has 0 N–H and O–H groups in total. The smallest absolute Gasteiger partial charge is 0.0138 e. The van der Waals surface area contributed by atoms with Gasteiger partial charge in [0, 0.05) is 0 Å². The SMILES string of the molecule is C=C(C)C1CCCC(C)(C)CC1C(=C)C. The van der Waals surface area contributed by atoms with Crippen LogP contribution in [0.4, 0.5) is 0 Å².